The van der Waals surface area contributed by atoms with E-state index in [2.05, 4.69) is 5.43 Å². The number of rotatable bonds is 5. The number of nitrogens with zero attached hydrogens (tertiary/aromatic N) is 1. The lowest BCUT2D eigenvalue weighted by Gasteiger charge is -2.16. The summed E-state index contributed by atoms with van der Waals surface area (Å²) < 4.78 is 10.6. The number of hydrazine groups is 1. The Morgan fingerprint density at radius 1 is 1.11 bits per heavy atom. The van der Waals surface area contributed by atoms with Crippen molar-refractivity contribution in [2.75, 3.05) is 14.2 Å². The molecule has 1 aliphatic heterocycles. The number of ether oxygens (including phenoxy) is 2. The molecule has 0 aromatic heterocycles. The monoisotopic (exact) mass is 400 g/mol. The average molecular weight is 400 g/mol. The summed E-state index contributed by atoms with van der Waals surface area (Å²) in [4.78, 5) is 25.6. The van der Waals surface area contributed by atoms with Crippen LogP contribution in [0.4, 0.5) is 0 Å². The van der Waals surface area contributed by atoms with Gasteiger partial charge in [-0.15, -0.1) is 0 Å². The van der Waals surface area contributed by atoms with Crippen molar-refractivity contribution in [3.63, 3.8) is 0 Å². The maximum atomic E-state index is 12.6. The summed E-state index contributed by atoms with van der Waals surface area (Å²) in [5, 5.41) is 1.07. The molecule has 0 spiro atoms. The zero-order valence-electron chi connectivity index (χ0n) is 14.6. The van der Waals surface area contributed by atoms with Crippen molar-refractivity contribution in [3.05, 3.63) is 64.6 Å². The Bertz CT molecular complexity index is 926. The first-order valence-electron chi connectivity index (χ1n) is 7.89. The van der Waals surface area contributed by atoms with E-state index in [1.165, 1.54) is 7.11 Å². The molecule has 27 heavy (non-hydrogen) atoms. The van der Waals surface area contributed by atoms with E-state index in [1.54, 1.807) is 49.6 Å². The van der Waals surface area contributed by atoms with E-state index in [1.807, 2.05) is 12.1 Å². The second-order valence-corrected chi connectivity index (χ2v) is 7.11. The number of hydrogen-bond acceptors (Lipinski definition) is 6. The van der Waals surface area contributed by atoms with Gasteiger partial charge in [-0.05, 0) is 48.1 Å². The highest BCUT2D eigenvalue weighted by Gasteiger charge is 2.34. The first kappa shape index (κ1) is 18.9. The highest BCUT2D eigenvalue weighted by Crippen LogP contribution is 2.32. The fraction of sp³-hybridized carbons (Fsp3) is 0.105. The molecule has 1 saturated heterocycles. The largest absolute Gasteiger partial charge is 0.497 e. The van der Waals surface area contributed by atoms with Crippen molar-refractivity contribution in [1.29, 1.82) is 0 Å². The molecule has 2 amide bonds. The number of carbonyl (C=O) groups is 2. The third kappa shape index (κ3) is 4.12. The van der Waals surface area contributed by atoms with Crippen LogP contribution in [0.2, 0.25) is 0 Å². The maximum Gasteiger partial charge on any atom is 0.285 e. The first-order valence-corrected chi connectivity index (χ1v) is 9.12. The van der Waals surface area contributed by atoms with E-state index in [0.29, 0.717) is 16.2 Å². The third-order valence-electron chi connectivity index (χ3n) is 3.77. The van der Waals surface area contributed by atoms with Crippen LogP contribution in [0.25, 0.3) is 6.08 Å². The topological polar surface area (TPSA) is 67.9 Å². The zero-order valence-corrected chi connectivity index (χ0v) is 16.2. The molecule has 1 aliphatic rings. The molecule has 2 aromatic rings. The zero-order chi connectivity index (χ0) is 19.4. The minimum absolute atomic E-state index is 0.253. The van der Waals surface area contributed by atoms with Gasteiger partial charge in [0.15, 0.2) is 4.32 Å². The van der Waals surface area contributed by atoms with Gasteiger partial charge in [-0.3, -0.25) is 15.0 Å². The van der Waals surface area contributed by atoms with Gasteiger partial charge in [0.2, 0.25) is 0 Å². The van der Waals surface area contributed by atoms with Crippen LogP contribution in [-0.4, -0.2) is 35.4 Å². The van der Waals surface area contributed by atoms with Crippen LogP contribution < -0.4 is 14.9 Å². The van der Waals surface area contributed by atoms with E-state index >= 15 is 0 Å². The molecule has 6 nitrogen and oxygen atoms in total. The summed E-state index contributed by atoms with van der Waals surface area (Å²) in [7, 11) is 3.06. The Kier molecular flexibility index (Phi) is 5.78. The van der Waals surface area contributed by atoms with Gasteiger partial charge in [0, 0.05) is 0 Å². The lowest BCUT2D eigenvalue weighted by Crippen LogP contribution is -2.44. The molecule has 0 unspecified atom stereocenters. The van der Waals surface area contributed by atoms with Gasteiger partial charge in [0.1, 0.15) is 11.5 Å². The Balaban J connectivity index is 1.77. The van der Waals surface area contributed by atoms with Crippen molar-refractivity contribution in [2.24, 2.45) is 0 Å². The third-order valence-corrected chi connectivity index (χ3v) is 5.07. The number of methoxy groups -OCH3 is 2. The Hall–Kier alpha value is -2.84. The van der Waals surface area contributed by atoms with Crippen LogP contribution in [-0.2, 0) is 4.79 Å². The highest BCUT2D eigenvalue weighted by atomic mass is 32.2. The molecule has 0 aliphatic carbocycles. The van der Waals surface area contributed by atoms with Gasteiger partial charge in [-0.1, -0.05) is 36.0 Å². The lowest BCUT2D eigenvalue weighted by molar-refractivity contribution is -0.123. The fourth-order valence-corrected chi connectivity index (χ4v) is 3.59. The SMILES string of the molecule is COc1ccc(/C=C2\SC(=S)N(NC(=O)c3ccccc3OC)C2=O)cc1. The second kappa shape index (κ2) is 8.24. The minimum atomic E-state index is -0.477. The van der Waals surface area contributed by atoms with Crippen LogP contribution in [0.3, 0.4) is 0 Å². The van der Waals surface area contributed by atoms with Crippen molar-refractivity contribution in [3.8, 4) is 11.5 Å². The molecule has 1 N–H and O–H groups in total. The van der Waals surface area contributed by atoms with Crippen molar-refractivity contribution in [2.45, 2.75) is 0 Å². The summed E-state index contributed by atoms with van der Waals surface area (Å²) in [5.74, 6) is 0.275. The summed E-state index contributed by atoms with van der Waals surface area (Å²) in [6.07, 6.45) is 1.72. The van der Waals surface area contributed by atoms with E-state index in [4.69, 9.17) is 21.7 Å². The smallest absolute Gasteiger partial charge is 0.285 e. The summed E-state index contributed by atoms with van der Waals surface area (Å²) in [6.45, 7) is 0. The van der Waals surface area contributed by atoms with Crippen LogP contribution in [0.5, 0.6) is 11.5 Å². The summed E-state index contributed by atoms with van der Waals surface area (Å²) in [5.41, 5.74) is 3.68. The number of amides is 2. The standard InChI is InChI=1S/C19H16N2O4S2/c1-24-13-9-7-12(8-10-13)11-16-18(23)21(19(26)27-16)20-17(22)14-5-3-4-6-15(14)25-2/h3-11H,1-2H3,(H,20,22)/b16-11-. The molecule has 0 radical (unpaired) electrons. The molecule has 138 valence electrons. The second-order valence-electron chi connectivity index (χ2n) is 5.43. The van der Waals surface area contributed by atoms with Crippen LogP contribution in [0.1, 0.15) is 15.9 Å². The van der Waals surface area contributed by atoms with E-state index in [0.717, 1.165) is 28.1 Å². The Morgan fingerprint density at radius 2 is 1.81 bits per heavy atom. The number of benzene rings is 2. The van der Waals surface area contributed by atoms with Gasteiger partial charge >= 0.3 is 0 Å². The number of hydrogen-bond donors (Lipinski definition) is 1. The molecule has 1 heterocycles. The quantitative estimate of drug-likeness (QED) is 0.614. The van der Waals surface area contributed by atoms with Crippen molar-refractivity contribution < 1.29 is 19.1 Å². The summed E-state index contributed by atoms with van der Waals surface area (Å²) in [6, 6.07) is 14.0. The number of thioether (sulfide) groups is 1. The van der Waals surface area contributed by atoms with Crippen LogP contribution >= 0.6 is 24.0 Å². The summed E-state index contributed by atoms with van der Waals surface area (Å²) >= 11 is 6.37. The molecule has 0 bridgehead atoms. The molecule has 1 fully saturated rings. The number of carbonyl (C=O) groups excluding carboxylic acids is 2. The number of nitrogens with one attached hydrogen (secondary N) is 1. The molecule has 0 atom stereocenters. The molecule has 3 rings (SSSR count). The molecular formula is C19H16N2O4S2. The van der Waals surface area contributed by atoms with Gasteiger partial charge in [-0.2, -0.15) is 5.01 Å². The van der Waals surface area contributed by atoms with Crippen LogP contribution in [0.15, 0.2) is 53.4 Å². The van der Waals surface area contributed by atoms with Gasteiger partial charge < -0.3 is 9.47 Å². The number of thiocarbonyl (C=S) groups is 1. The first-order chi connectivity index (χ1) is 13.0. The molecule has 0 saturated carbocycles. The van der Waals surface area contributed by atoms with E-state index in [-0.39, 0.29) is 10.2 Å². The van der Waals surface area contributed by atoms with E-state index in [9.17, 15) is 9.59 Å². The van der Waals surface area contributed by atoms with Gasteiger partial charge in [-0.25, -0.2) is 0 Å². The Labute approximate surface area is 166 Å². The van der Waals surface area contributed by atoms with Gasteiger partial charge in [0.05, 0.1) is 24.7 Å². The normalized spacial score (nSPS) is 15.2. The maximum absolute atomic E-state index is 12.6. The van der Waals surface area contributed by atoms with E-state index < -0.39 is 5.91 Å². The molecular weight excluding hydrogens is 384 g/mol. The minimum Gasteiger partial charge on any atom is -0.497 e. The Morgan fingerprint density at radius 3 is 2.48 bits per heavy atom. The van der Waals surface area contributed by atoms with Crippen LogP contribution in [0, 0.1) is 0 Å². The van der Waals surface area contributed by atoms with Crippen molar-refractivity contribution >= 4 is 46.2 Å². The molecule has 2 aromatic carbocycles. The predicted molar refractivity (Wildman–Crippen MR) is 108 cm³/mol. The molecule has 8 heteroatoms. The number of para-hydroxylation sites is 1. The van der Waals surface area contributed by atoms with Gasteiger partial charge in [0.25, 0.3) is 11.8 Å². The fourth-order valence-electron chi connectivity index (χ4n) is 2.41. The lowest BCUT2D eigenvalue weighted by atomic mass is 10.2. The average Bonchev–Trinajstić information content (AvgIpc) is 2.95. The highest BCUT2D eigenvalue weighted by molar-refractivity contribution is 8.26. The predicted octanol–water partition coefficient (Wildman–Crippen LogP) is 3.25. The van der Waals surface area contributed by atoms with Crippen molar-refractivity contribution in [1.82, 2.24) is 10.4 Å².